The summed E-state index contributed by atoms with van der Waals surface area (Å²) in [7, 11) is 3.19. The van der Waals surface area contributed by atoms with Crippen molar-refractivity contribution in [3.05, 3.63) is 84.9 Å². The maximum absolute atomic E-state index is 10.0. The summed E-state index contributed by atoms with van der Waals surface area (Å²) in [5.41, 5.74) is 16.8. The first kappa shape index (κ1) is 20.1. The minimum absolute atomic E-state index is 0.211. The molecule has 0 amide bonds. The summed E-state index contributed by atoms with van der Waals surface area (Å²) in [6, 6.07) is 25.8. The van der Waals surface area contributed by atoms with Crippen LogP contribution in [0.4, 0.5) is 11.4 Å². The Morgan fingerprint density at radius 1 is 0.500 bits per heavy atom. The van der Waals surface area contributed by atoms with Crippen molar-refractivity contribution in [3.63, 3.8) is 0 Å². The number of benzene rings is 4. The Hall–Kier alpha value is -3.22. The van der Waals surface area contributed by atoms with Crippen molar-refractivity contribution in [1.82, 2.24) is 0 Å². The third-order valence-electron chi connectivity index (χ3n) is 4.59. The molecular weight excluding hydrogens is 412 g/mol. The molecule has 0 aliphatic rings. The normalized spacial score (nSPS) is 10.8. The van der Waals surface area contributed by atoms with Crippen molar-refractivity contribution in [3.8, 4) is 33.8 Å². The number of nitrogens with two attached hydrogens (primary N) is 2. The molecule has 4 rings (SSSR count). The fourth-order valence-corrected chi connectivity index (χ4v) is 5.42. The van der Waals surface area contributed by atoms with E-state index in [0.29, 0.717) is 11.4 Å². The molecule has 0 saturated heterocycles. The van der Waals surface area contributed by atoms with Gasteiger partial charge in [-0.05, 0) is 82.9 Å². The van der Waals surface area contributed by atoms with Crippen molar-refractivity contribution in [2.45, 2.75) is 9.79 Å². The third-order valence-corrected chi connectivity index (χ3v) is 7.07. The monoisotopic (exact) mass is 432 g/mol. The molecule has 0 fully saturated rings. The van der Waals surface area contributed by atoms with Crippen LogP contribution in [0.3, 0.4) is 0 Å². The molecule has 0 bridgehead atoms. The van der Waals surface area contributed by atoms with E-state index >= 15 is 0 Å². The van der Waals surface area contributed by atoms with Gasteiger partial charge in [0.25, 0.3) is 0 Å². The van der Waals surface area contributed by atoms with E-state index in [1.54, 1.807) is 45.9 Å². The third kappa shape index (κ3) is 4.50. The highest BCUT2D eigenvalue weighted by Gasteiger charge is 2.12. The van der Waals surface area contributed by atoms with Gasteiger partial charge < -0.3 is 21.7 Å². The molecule has 0 radical (unpaired) electrons. The van der Waals surface area contributed by atoms with Gasteiger partial charge in [0.2, 0.25) is 0 Å². The van der Waals surface area contributed by atoms with Crippen molar-refractivity contribution >= 4 is 33.0 Å². The van der Waals surface area contributed by atoms with E-state index in [4.69, 9.17) is 11.5 Å². The second-order valence-electron chi connectivity index (χ2n) is 6.77. The van der Waals surface area contributed by atoms with Crippen LogP contribution in [-0.2, 0) is 0 Å². The van der Waals surface area contributed by atoms with Gasteiger partial charge in [-0.25, -0.2) is 0 Å². The largest absolute Gasteiger partial charge is 0.508 e. The van der Waals surface area contributed by atoms with E-state index in [1.165, 1.54) is 0 Å². The lowest BCUT2D eigenvalue weighted by Crippen LogP contribution is -1.87. The van der Waals surface area contributed by atoms with Gasteiger partial charge in [-0.3, -0.25) is 0 Å². The van der Waals surface area contributed by atoms with Crippen molar-refractivity contribution in [2.75, 3.05) is 11.5 Å². The van der Waals surface area contributed by atoms with Crippen LogP contribution < -0.4 is 11.5 Å². The van der Waals surface area contributed by atoms with Gasteiger partial charge in [0.1, 0.15) is 11.5 Å². The number of hydrogen-bond donors (Lipinski definition) is 4. The van der Waals surface area contributed by atoms with Crippen LogP contribution in [0.2, 0.25) is 0 Å². The predicted molar refractivity (Wildman–Crippen MR) is 128 cm³/mol. The fraction of sp³-hybridized carbons (Fsp3) is 0. The molecule has 0 spiro atoms. The molecule has 4 aromatic carbocycles. The van der Waals surface area contributed by atoms with Gasteiger partial charge >= 0.3 is 0 Å². The lowest BCUT2D eigenvalue weighted by molar-refractivity contribution is 0.474. The maximum atomic E-state index is 10.0. The Labute approximate surface area is 183 Å². The highest BCUT2D eigenvalue weighted by molar-refractivity contribution is 8.76. The molecular formula is C24H20N2O2S2. The van der Waals surface area contributed by atoms with E-state index < -0.39 is 0 Å². The van der Waals surface area contributed by atoms with Crippen LogP contribution in [0, 0.1) is 0 Å². The minimum Gasteiger partial charge on any atom is -0.508 e. The second-order valence-corrected chi connectivity index (χ2v) is 8.98. The summed E-state index contributed by atoms with van der Waals surface area (Å²) < 4.78 is 0. The average molecular weight is 433 g/mol. The molecule has 0 unspecified atom stereocenters. The Kier molecular flexibility index (Phi) is 5.79. The summed E-state index contributed by atoms with van der Waals surface area (Å²) in [5, 5.41) is 20.0. The van der Waals surface area contributed by atoms with Gasteiger partial charge in [-0.1, -0.05) is 45.9 Å². The highest BCUT2D eigenvalue weighted by atomic mass is 33.1. The Bertz CT molecular complexity index is 1080. The number of nitrogen functional groups attached to an aromatic ring is 2. The number of aromatic hydroxyl groups is 2. The van der Waals surface area contributed by atoms with Crippen LogP contribution in [-0.4, -0.2) is 10.2 Å². The first-order valence-electron chi connectivity index (χ1n) is 9.22. The van der Waals surface area contributed by atoms with E-state index in [0.717, 1.165) is 32.0 Å². The number of rotatable bonds is 5. The van der Waals surface area contributed by atoms with Crippen LogP contribution in [0.5, 0.6) is 11.5 Å². The number of hydrogen-bond acceptors (Lipinski definition) is 6. The second kappa shape index (κ2) is 8.65. The van der Waals surface area contributed by atoms with E-state index in [9.17, 15) is 10.2 Å². The van der Waals surface area contributed by atoms with Crippen molar-refractivity contribution < 1.29 is 10.2 Å². The molecule has 0 saturated carbocycles. The van der Waals surface area contributed by atoms with Crippen LogP contribution in [0.25, 0.3) is 22.3 Å². The maximum Gasteiger partial charge on any atom is 0.116 e. The van der Waals surface area contributed by atoms with E-state index in [1.807, 2.05) is 60.7 Å². The van der Waals surface area contributed by atoms with E-state index in [-0.39, 0.29) is 11.5 Å². The summed E-state index contributed by atoms with van der Waals surface area (Å²) in [6.45, 7) is 0. The first-order chi connectivity index (χ1) is 14.5. The molecule has 150 valence electrons. The molecule has 0 atom stereocenters. The quantitative estimate of drug-likeness (QED) is 0.215. The van der Waals surface area contributed by atoms with Crippen LogP contribution >= 0.6 is 21.6 Å². The number of phenols is 2. The zero-order valence-electron chi connectivity index (χ0n) is 15.9. The van der Waals surface area contributed by atoms with Gasteiger partial charge in [-0.15, -0.1) is 0 Å². The molecule has 6 N–H and O–H groups in total. The lowest BCUT2D eigenvalue weighted by Gasteiger charge is -2.13. The Balaban J connectivity index is 1.66. The molecule has 4 nitrogen and oxygen atoms in total. The van der Waals surface area contributed by atoms with Gasteiger partial charge in [-0.2, -0.15) is 0 Å². The van der Waals surface area contributed by atoms with Crippen molar-refractivity contribution in [2.24, 2.45) is 0 Å². The molecule has 30 heavy (non-hydrogen) atoms. The summed E-state index contributed by atoms with van der Waals surface area (Å²) in [6.07, 6.45) is 0. The molecule has 0 heterocycles. The molecule has 0 aliphatic heterocycles. The zero-order chi connectivity index (χ0) is 21.1. The summed E-state index contributed by atoms with van der Waals surface area (Å²) in [4.78, 5) is 2.03. The van der Waals surface area contributed by atoms with Gasteiger partial charge in [0, 0.05) is 21.2 Å². The van der Waals surface area contributed by atoms with Crippen LogP contribution in [0.15, 0.2) is 94.7 Å². The number of phenolic OH excluding ortho intramolecular Hbond substituents is 2. The molecule has 4 aromatic rings. The standard InChI is InChI=1S/C24H20N2O2S2/c25-17-5-1-15(2-6-17)21-13-19(27)9-11-23(21)29-30-24-12-10-20(28)14-22(24)16-3-7-18(26)8-4-16/h1-14,27-28H,25-26H2. The number of anilines is 2. The first-order valence-corrected chi connectivity index (χ1v) is 11.4. The SMILES string of the molecule is Nc1ccc(-c2cc(O)ccc2SSc2ccc(O)cc2-c2ccc(N)cc2)cc1. The zero-order valence-corrected chi connectivity index (χ0v) is 17.6. The Morgan fingerprint density at radius 2 is 0.867 bits per heavy atom. The fourth-order valence-electron chi connectivity index (χ4n) is 3.05. The topological polar surface area (TPSA) is 92.5 Å². The summed E-state index contributed by atoms with van der Waals surface area (Å²) >= 11 is 0. The van der Waals surface area contributed by atoms with E-state index in [2.05, 4.69) is 0 Å². The predicted octanol–water partition coefficient (Wildman–Crippen LogP) is 6.40. The molecule has 0 aliphatic carbocycles. The molecule has 6 heteroatoms. The average Bonchev–Trinajstić information content (AvgIpc) is 2.74. The van der Waals surface area contributed by atoms with Gasteiger partial charge in [0.15, 0.2) is 0 Å². The highest BCUT2D eigenvalue weighted by Crippen LogP contribution is 2.46. The smallest absolute Gasteiger partial charge is 0.116 e. The van der Waals surface area contributed by atoms with Crippen molar-refractivity contribution in [1.29, 1.82) is 0 Å². The summed E-state index contributed by atoms with van der Waals surface area (Å²) in [5.74, 6) is 0.423. The minimum atomic E-state index is 0.211. The van der Waals surface area contributed by atoms with Gasteiger partial charge in [0.05, 0.1) is 0 Å². The lowest BCUT2D eigenvalue weighted by atomic mass is 10.1. The Morgan fingerprint density at radius 3 is 1.23 bits per heavy atom. The molecule has 0 aromatic heterocycles. The van der Waals surface area contributed by atoms with Crippen LogP contribution in [0.1, 0.15) is 0 Å².